The second-order valence-electron chi connectivity index (χ2n) is 3.34. The first kappa shape index (κ1) is 14.1. The van der Waals surface area contributed by atoms with Crippen LogP contribution in [0.3, 0.4) is 0 Å². The van der Waals surface area contributed by atoms with E-state index in [-0.39, 0.29) is 12.3 Å². The third-order valence-electron chi connectivity index (χ3n) is 2.20. The van der Waals surface area contributed by atoms with Crippen molar-refractivity contribution in [1.82, 2.24) is 10.6 Å². The lowest BCUT2D eigenvalue weighted by Gasteiger charge is -2.06. The van der Waals surface area contributed by atoms with Gasteiger partial charge in [-0.15, -0.1) is 0 Å². The summed E-state index contributed by atoms with van der Waals surface area (Å²) in [6, 6.07) is 7.36. The molecule has 0 aliphatic rings. The molecule has 1 amide bonds. The van der Waals surface area contributed by atoms with Gasteiger partial charge >= 0.3 is 0 Å². The molecule has 0 aromatic heterocycles. The van der Waals surface area contributed by atoms with Crippen molar-refractivity contribution < 1.29 is 4.79 Å². The number of amides is 1. The van der Waals surface area contributed by atoms with Gasteiger partial charge in [0.05, 0.1) is 12.1 Å². The van der Waals surface area contributed by atoms with Crippen LogP contribution in [0.2, 0.25) is 0 Å². The highest BCUT2D eigenvalue weighted by atomic mass is 32.2. The zero-order valence-corrected chi connectivity index (χ0v) is 11.0. The average molecular weight is 262 g/mol. The highest BCUT2D eigenvalue weighted by Crippen LogP contribution is 2.20. The molecule has 0 saturated heterocycles. The van der Waals surface area contributed by atoms with Gasteiger partial charge in [-0.2, -0.15) is 5.26 Å². The Morgan fingerprint density at radius 1 is 1.50 bits per heavy atom. The van der Waals surface area contributed by atoms with E-state index in [0.717, 1.165) is 5.56 Å². The number of benzene rings is 1. The lowest BCUT2D eigenvalue weighted by atomic mass is 10.1. The minimum absolute atomic E-state index is 0.0726. The fourth-order valence-electron chi connectivity index (χ4n) is 1.31. The summed E-state index contributed by atoms with van der Waals surface area (Å²) >= 11 is 1.34. The molecule has 2 N–H and O–H groups in total. The fraction of sp³-hybridized carbons (Fsp3) is 0.250. The predicted molar refractivity (Wildman–Crippen MR) is 73.6 cm³/mol. The number of thioether (sulfide) groups is 1. The second-order valence-corrected chi connectivity index (χ2v) is 4.13. The fourth-order valence-corrected chi connectivity index (χ4v) is 1.65. The number of para-hydroxylation sites is 1. The monoisotopic (exact) mass is 262 g/mol. The molecule has 0 bridgehead atoms. The molecule has 0 saturated carbocycles. The van der Waals surface area contributed by atoms with Crippen LogP contribution in [0.5, 0.6) is 0 Å². The Morgan fingerprint density at radius 3 is 2.83 bits per heavy atom. The number of carbonyl (C=O) groups excluding carboxylic acids is 1. The maximum atomic E-state index is 11.4. The van der Waals surface area contributed by atoms with Crippen LogP contribution in [-0.4, -0.2) is 24.4 Å². The van der Waals surface area contributed by atoms with Crippen LogP contribution >= 0.6 is 11.8 Å². The van der Waals surface area contributed by atoms with E-state index in [1.54, 1.807) is 7.05 Å². The molecule has 0 aliphatic heterocycles. The first-order valence-corrected chi connectivity index (χ1v) is 6.50. The maximum Gasteiger partial charge on any atom is 0.224 e. The quantitative estimate of drug-likeness (QED) is 0.373. The number of nitrogens with one attached hydrogen (secondary N) is 2. The molecule has 0 heterocycles. The Hall–Kier alpha value is -2.00. The SMILES string of the molecule is CNC(=O)Cc1ccccc1N=C(NC#N)SC. The lowest BCUT2D eigenvalue weighted by molar-refractivity contribution is -0.119. The van der Waals surface area contributed by atoms with Crippen molar-refractivity contribution in [2.75, 3.05) is 13.3 Å². The number of carbonyl (C=O) groups is 1. The molecular weight excluding hydrogens is 248 g/mol. The van der Waals surface area contributed by atoms with E-state index in [9.17, 15) is 4.79 Å². The Kier molecular flexibility index (Phi) is 5.74. The predicted octanol–water partition coefficient (Wildman–Crippen LogP) is 1.40. The van der Waals surface area contributed by atoms with Crippen LogP contribution in [0.25, 0.3) is 0 Å². The molecule has 0 atom stereocenters. The Bertz CT molecular complexity index is 493. The third kappa shape index (κ3) is 4.11. The normalized spacial score (nSPS) is 10.6. The molecule has 1 rings (SSSR count). The van der Waals surface area contributed by atoms with Gasteiger partial charge < -0.3 is 5.32 Å². The number of nitriles is 1. The van der Waals surface area contributed by atoms with Gasteiger partial charge in [0.25, 0.3) is 0 Å². The van der Waals surface area contributed by atoms with E-state index < -0.39 is 0 Å². The van der Waals surface area contributed by atoms with Crippen molar-refractivity contribution in [3.05, 3.63) is 29.8 Å². The summed E-state index contributed by atoms with van der Waals surface area (Å²) in [5.41, 5.74) is 1.51. The van der Waals surface area contributed by atoms with E-state index in [4.69, 9.17) is 5.26 Å². The maximum absolute atomic E-state index is 11.4. The molecule has 1 aromatic rings. The summed E-state index contributed by atoms with van der Waals surface area (Å²) in [4.78, 5) is 15.7. The number of likely N-dealkylation sites (N-methyl/N-ethyl adjacent to an activating group) is 1. The molecule has 0 radical (unpaired) electrons. The first-order valence-electron chi connectivity index (χ1n) is 5.27. The number of rotatable bonds is 3. The van der Waals surface area contributed by atoms with Crippen molar-refractivity contribution in [2.45, 2.75) is 6.42 Å². The number of nitrogens with zero attached hydrogens (tertiary/aromatic N) is 2. The molecule has 1 aromatic carbocycles. The minimum atomic E-state index is -0.0726. The van der Waals surface area contributed by atoms with Gasteiger partial charge in [-0.25, -0.2) is 4.99 Å². The zero-order valence-electron chi connectivity index (χ0n) is 10.2. The third-order valence-corrected chi connectivity index (χ3v) is 2.78. The van der Waals surface area contributed by atoms with Gasteiger partial charge in [0.1, 0.15) is 0 Å². The van der Waals surface area contributed by atoms with E-state index >= 15 is 0 Å². The molecule has 0 aliphatic carbocycles. The van der Waals surface area contributed by atoms with Crippen LogP contribution < -0.4 is 10.6 Å². The van der Waals surface area contributed by atoms with Gasteiger partial charge in [-0.1, -0.05) is 30.0 Å². The van der Waals surface area contributed by atoms with Gasteiger partial charge in [-0.05, 0) is 17.9 Å². The summed E-state index contributed by atoms with van der Waals surface area (Å²) in [5.74, 6) is -0.0726. The molecule has 18 heavy (non-hydrogen) atoms. The van der Waals surface area contributed by atoms with Crippen molar-refractivity contribution in [3.63, 3.8) is 0 Å². The van der Waals surface area contributed by atoms with E-state index in [1.165, 1.54) is 11.8 Å². The standard InChI is InChI=1S/C12H14N4OS/c1-14-11(17)7-9-5-3-4-6-10(9)16-12(18-2)15-8-13/h3-6H,7H2,1-2H3,(H,14,17)(H,15,16). The van der Waals surface area contributed by atoms with Crippen LogP contribution in [-0.2, 0) is 11.2 Å². The molecule has 0 spiro atoms. The Morgan fingerprint density at radius 2 is 2.22 bits per heavy atom. The van der Waals surface area contributed by atoms with Gasteiger partial charge in [0, 0.05) is 7.05 Å². The highest BCUT2D eigenvalue weighted by Gasteiger charge is 2.06. The molecule has 94 valence electrons. The number of amidine groups is 1. The zero-order chi connectivity index (χ0) is 13.4. The molecular formula is C12H14N4OS. The molecule has 0 fully saturated rings. The van der Waals surface area contributed by atoms with Gasteiger partial charge in [0.2, 0.25) is 5.91 Å². The minimum Gasteiger partial charge on any atom is -0.359 e. The second kappa shape index (κ2) is 7.35. The van der Waals surface area contributed by atoms with Crippen LogP contribution in [0.15, 0.2) is 29.3 Å². The summed E-state index contributed by atoms with van der Waals surface area (Å²) in [7, 11) is 1.60. The smallest absolute Gasteiger partial charge is 0.224 e. The topological polar surface area (TPSA) is 77.3 Å². The van der Waals surface area contributed by atoms with E-state index in [2.05, 4.69) is 15.6 Å². The van der Waals surface area contributed by atoms with Crippen LogP contribution in [0.4, 0.5) is 5.69 Å². The average Bonchev–Trinajstić information content (AvgIpc) is 2.40. The Balaban J connectivity index is 3.01. The molecule has 5 nitrogen and oxygen atoms in total. The largest absolute Gasteiger partial charge is 0.359 e. The highest BCUT2D eigenvalue weighted by molar-refractivity contribution is 8.13. The van der Waals surface area contributed by atoms with Crippen LogP contribution in [0.1, 0.15) is 5.56 Å². The van der Waals surface area contributed by atoms with Crippen molar-refractivity contribution in [1.29, 1.82) is 5.26 Å². The van der Waals surface area contributed by atoms with Crippen LogP contribution in [0, 0.1) is 11.5 Å². The first-order chi connectivity index (χ1) is 8.71. The summed E-state index contributed by atoms with van der Waals surface area (Å²) in [5, 5.41) is 14.1. The summed E-state index contributed by atoms with van der Waals surface area (Å²) < 4.78 is 0. The molecule has 0 unspecified atom stereocenters. The van der Waals surface area contributed by atoms with E-state index in [0.29, 0.717) is 10.9 Å². The number of hydrogen-bond donors (Lipinski definition) is 2. The summed E-state index contributed by atoms with van der Waals surface area (Å²) in [6.07, 6.45) is 3.92. The number of hydrogen-bond acceptors (Lipinski definition) is 4. The molecule has 6 heteroatoms. The van der Waals surface area contributed by atoms with E-state index in [1.807, 2.05) is 36.7 Å². The lowest BCUT2D eigenvalue weighted by Crippen LogP contribution is -2.20. The van der Waals surface area contributed by atoms with Crippen molar-refractivity contribution in [3.8, 4) is 6.19 Å². The number of aliphatic imine (C=N–C) groups is 1. The van der Waals surface area contributed by atoms with Crippen molar-refractivity contribution in [2.24, 2.45) is 4.99 Å². The van der Waals surface area contributed by atoms with Gasteiger partial charge in [0.15, 0.2) is 11.4 Å². The van der Waals surface area contributed by atoms with Gasteiger partial charge in [-0.3, -0.25) is 10.1 Å². The Labute approximate surface area is 110 Å². The summed E-state index contributed by atoms with van der Waals surface area (Å²) in [6.45, 7) is 0. The van der Waals surface area contributed by atoms with Crippen molar-refractivity contribution >= 4 is 28.5 Å².